The van der Waals surface area contributed by atoms with Crippen molar-refractivity contribution < 1.29 is 19.0 Å². The molecule has 148 valence electrons. The van der Waals surface area contributed by atoms with Crippen LogP contribution in [0, 0.1) is 25.2 Å². The van der Waals surface area contributed by atoms with Gasteiger partial charge in [-0.05, 0) is 61.7 Å². The quantitative estimate of drug-likeness (QED) is 0.634. The van der Waals surface area contributed by atoms with Crippen LogP contribution >= 0.6 is 0 Å². The van der Waals surface area contributed by atoms with Crippen molar-refractivity contribution in [2.45, 2.75) is 33.7 Å². The summed E-state index contributed by atoms with van der Waals surface area (Å²) in [4.78, 5) is 11.4. The Morgan fingerprint density at radius 2 is 1.79 bits per heavy atom. The molecule has 6 heteroatoms. The van der Waals surface area contributed by atoms with Gasteiger partial charge >= 0.3 is 0 Å². The predicted octanol–water partition coefficient (Wildman–Crippen LogP) is 3.69. The number of nitrogens with zero attached hydrogens (tertiary/aromatic N) is 1. The van der Waals surface area contributed by atoms with Crippen LogP contribution in [0.3, 0.4) is 0 Å². The van der Waals surface area contributed by atoms with E-state index in [1.54, 1.807) is 0 Å². The molecular formula is C22H26N2O4. The lowest BCUT2D eigenvalue weighted by atomic mass is 10.1. The molecule has 0 unspecified atom stereocenters. The molecule has 0 atom stereocenters. The minimum atomic E-state index is -0.302. The molecule has 0 heterocycles. The Hall–Kier alpha value is -3.20. The van der Waals surface area contributed by atoms with Crippen molar-refractivity contribution in [1.29, 1.82) is 5.26 Å². The Balaban J connectivity index is 1.89. The maximum Gasteiger partial charge on any atom is 0.234 e. The first-order chi connectivity index (χ1) is 13.5. The van der Waals surface area contributed by atoms with E-state index in [2.05, 4.69) is 19.2 Å². The molecule has 0 bridgehead atoms. The number of hydrogen-bond acceptors (Lipinski definition) is 5. The summed E-state index contributed by atoms with van der Waals surface area (Å²) < 4.78 is 17.2. The number of nitrogens with one attached hydrogen (secondary N) is 1. The van der Waals surface area contributed by atoms with E-state index in [1.807, 2.05) is 49.4 Å². The molecule has 0 saturated heterocycles. The normalized spacial score (nSPS) is 10.1. The van der Waals surface area contributed by atoms with Crippen LogP contribution in [0.5, 0.6) is 17.2 Å². The van der Waals surface area contributed by atoms with Gasteiger partial charge in [-0.15, -0.1) is 0 Å². The van der Waals surface area contributed by atoms with Gasteiger partial charge in [0.15, 0.2) is 11.5 Å². The summed E-state index contributed by atoms with van der Waals surface area (Å²) in [5, 5.41) is 11.2. The lowest BCUT2D eigenvalue weighted by Crippen LogP contribution is -2.21. The van der Waals surface area contributed by atoms with E-state index in [0.29, 0.717) is 37.9 Å². The van der Waals surface area contributed by atoms with Crippen LogP contribution in [0.25, 0.3) is 0 Å². The molecule has 0 fully saturated rings. The van der Waals surface area contributed by atoms with E-state index in [1.165, 1.54) is 11.1 Å². The Morgan fingerprint density at radius 3 is 2.50 bits per heavy atom. The molecule has 2 aromatic carbocycles. The fourth-order valence-electron chi connectivity index (χ4n) is 2.50. The number of amides is 1. The Labute approximate surface area is 166 Å². The van der Waals surface area contributed by atoms with Crippen molar-refractivity contribution in [3.63, 3.8) is 0 Å². The van der Waals surface area contributed by atoms with Crippen molar-refractivity contribution >= 4 is 5.91 Å². The Kier molecular flexibility index (Phi) is 8.16. The molecule has 0 aliphatic rings. The number of carbonyl (C=O) groups excluding carboxylic acids is 1. The Morgan fingerprint density at radius 1 is 1.00 bits per heavy atom. The zero-order valence-electron chi connectivity index (χ0n) is 16.6. The van der Waals surface area contributed by atoms with Gasteiger partial charge in [-0.1, -0.05) is 12.1 Å². The fraction of sp³-hybridized carbons (Fsp3) is 0.364. The van der Waals surface area contributed by atoms with Crippen molar-refractivity contribution in [3.8, 4) is 23.3 Å². The molecule has 2 aromatic rings. The van der Waals surface area contributed by atoms with Crippen LogP contribution in [0.2, 0.25) is 0 Å². The predicted molar refractivity (Wildman–Crippen MR) is 107 cm³/mol. The molecule has 2 rings (SSSR count). The summed E-state index contributed by atoms with van der Waals surface area (Å²) in [5.41, 5.74) is 3.29. The van der Waals surface area contributed by atoms with Gasteiger partial charge < -0.3 is 19.5 Å². The third kappa shape index (κ3) is 6.51. The second kappa shape index (κ2) is 10.8. The minimum Gasteiger partial charge on any atom is -0.490 e. The van der Waals surface area contributed by atoms with E-state index in [0.717, 1.165) is 11.3 Å². The lowest BCUT2D eigenvalue weighted by Gasteiger charge is -2.14. The average molecular weight is 382 g/mol. The van der Waals surface area contributed by atoms with Gasteiger partial charge in [0, 0.05) is 6.54 Å². The lowest BCUT2D eigenvalue weighted by molar-refractivity contribution is -0.120. The standard InChI is InChI=1S/C22H26N2O4/c1-4-26-21-14-18(15-24-22(25)9-10-23)6-8-20(21)28-12-11-27-19-7-5-16(2)17(3)13-19/h5-8,13-14H,4,9,11-12,15H2,1-3H3,(H,24,25). The summed E-state index contributed by atoms with van der Waals surface area (Å²) >= 11 is 0. The van der Waals surface area contributed by atoms with Crippen LogP contribution < -0.4 is 19.5 Å². The van der Waals surface area contributed by atoms with E-state index < -0.39 is 0 Å². The number of carbonyl (C=O) groups is 1. The second-order valence-corrected chi connectivity index (χ2v) is 6.27. The first-order valence-corrected chi connectivity index (χ1v) is 9.25. The van der Waals surface area contributed by atoms with Crippen LogP contribution in [0.4, 0.5) is 0 Å². The van der Waals surface area contributed by atoms with Crippen molar-refractivity contribution in [1.82, 2.24) is 5.32 Å². The van der Waals surface area contributed by atoms with Crippen LogP contribution in [0.1, 0.15) is 30.0 Å². The first-order valence-electron chi connectivity index (χ1n) is 9.25. The van der Waals surface area contributed by atoms with Crippen molar-refractivity contribution in [2.75, 3.05) is 19.8 Å². The molecule has 28 heavy (non-hydrogen) atoms. The zero-order chi connectivity index (χ0) is 20.4. The van der Waals surface area contributed by atoms with E-state index in [-0.39, 0.29) is 12.3 Å². The molecule has 0 aromatic heterocycles. The largest absolute Gasteiger partial charge is 0.490 e. The monoisotopic (exact) mass is 382 g/mol. The molecule has 1 N–H and O–H groups in total. The third-order valence-corrected chi connectivity index (χ3v) is 4.13. The summed E-state index contributed by atoms with van der Waals surface area (Å²) in [6.07, 6.45) is -0.153. The molecule has 0 aliphatic heterocycles. The van der Waals surface area contributed by atoms with Gasteiger partial charge in [-0.25, -0.2) is 0 Å². The highest BCUT2D eigenvalue weighted by Gasteiger charge is 2.08. The Bertz CT molecular complexity index is 843. The highest BCUT2D eigenvalue weighted by atomic mass is 16.5. The number of aryl methyl sites for hydroxylation is 2. The van der Waals surface area contributed by atoms with Crippen molar-refractivity contribution in [3.05, 3.63) is 53.1 Å². The molecule has 1 amide bonds. The zero-order valence-corrected chi connectivity index (χ0v) is 16.6. The maximum absolute atomic E-state index is 11.4. The van der Waals surface area contributed by atoms with Crippen LogP contribution in [0.15, 0.2) is 36.4 Å². The van der Waals surface area contributed by atoms with E-state index >= 15 is 0 Å². The van der Waals surface area contributed by atoms with Gasteiger partial charge in [0.25, 0.3) is 0 Å². The van der Waals surface area contributed by atoms with Gasteiger partial charge in [-0.3, -0.25) is 4.79 Å². The summed E-state index contributed by atoms with van der Waals surface area (Å²) in [6, 6.07) is 13.3. The van der Waals surface area contributed by atoms with Crippen molar-refractivity contribution in [2.24, 2.45) is 0 Å². The highest BCUT2D eigenvalue weighted by molar-refractivity contribution is 5.77. The number of ether oxygens (including phenoxy) is 3. The molecule has 0 spiro atoms. The SMILES string of the molecule is CCOc1cc(CNC(=O)CC#N)ccc1OCCOc1ccc(C)c(C)c1. The fourth-order valence-corrected chi connectivity index (χ4v) is 2.50. The third-order valence-electron chi connectivity index (χ3n) is 4.13. The van der Waals surface area contributed by atoms with Crippen LogP contribution in [-0.4, -0.2) is 25.7 Å². The number of rotatable bonds is 10. The summed E-state index contributed by atoms with van der Waals surface area (Å²) in [5.74, 6) is 1.75. The van der Waals surface area contributed by atoms with Gasteiger partial charge in [0.2, 0.25) is 5.91 Å². The first kappa shape index (κ1) is 21.1. The number of benzene rings is 2. The molecule has 0 aliphatic carbocycles. The van der Waals surface area contributed by atoms with Crippen LogP contribution in [-0.2, 0) is 11.3 Å². The van der Waals surface area contributed by atoms with E-state index in [4.69, 9.17) is 19.5 Å². The smallest absolute Gasteiger partial charge is 0.234 e. The second-order valence-electron chi connectivity index (χ2n) is 6.27. The molecular weight excluding hydrogens is 356 g/mol. The molecule has 0 saturated carbocycles. The van der Waals surface area contributed by atoms with Gasteiger partial charge in [0.1, 0.15) is 25.4 Å². The highest BCUT2D eigenvalue weighted by Crippen LogP contribution is 2.28. The minimum absolute atomic E-state index is 0.153. The average Bonchev–Trinajstić information content (AvgIpc) is 2.68. The van der Waals surface area contributed by atoms with Gasteiger partial charge in [0.05, 0.1) is 12.7 Å². The number of hydrogen-bond donors (Lipinski definition) is 1. The summed E-state index contributed by atoms with van der Waals surface area (Å²) in [7, 11) is 0. The number of nitriles is 1. The maximum atomic E-state index is 11.4. The summed E-state index contributed by atoms with van der Waals surface area (Å²) in [6.45, 7) is 7.64. The topological polar surface area (TPSA) is 80.6 Å². The van der Waals surface area contributed by atoms with Gasteiger partial charge in [-0.2, -0.15) is 5.26 Å². The molecule has 0 radical (unpaired) electrons. The molecule has 6 nitrogen and oxygen atoms in total. The van der Waals surface area contributed by atoms with E-state index in [9.17, 15) is 4.79 Å².